The van der Waals surface area contributed by atoms with E-state index < -0.39 is 9.84 Å². The number of hydrogen-bond donors (Lipinski definition) is 3. The summed E-state index contributed by atoms with van der Waals surface area (Å²) < 4.78 is 23.3. The molecule has 2 saturated carbocycles. The average Bonchev–Trinajstić information content (AvgIpc) is 3.49. The van der Waals surface area contributed by atoms with Gasteiger partial charge in [-0.05, 0) is 44.4 Å². The highest BCUT2D eigenvalue weighted by molar-refractivity contribution is 14.0. The zero-order chi connectivity index (χ0) is 18.1. The number of carbonyl (C=O) groups excluding carboxylic acids is 1. The molecule has 2 aliphatic carbocycles. The minimum atomic E-state index is -2.86. The van der Waals surface area contributed by atoms with Crippen LogP contribution in [0.4, 0.5) is 4.79 Å². The predicted molar refractivity (Wildman–Crippen MR) is 115 cm³/mol. The van der Waals surface area contributed by atoms with Crippen LogP contribution in [0, 0.1) is 5.92 Å². The molecule has 10 heteroatoms. The van der Waals surface area contributed by atoms with Gasteiger partial charge in [-0.25, -0.2) is 13.2 Å². The van der Waals surface area contributed by atoms with Crippen molar-refractivity contribution in [3.63, 3.8) is 0 Å². The Morgan fingerprint density at radius 1 is 0.963 bits per heavy atom. The van der Waals surface area contributed by atoms with Gasteiger partial charge in [-0.2, -0.15) is 0 Å². The average molecular weight is 511 g/mol. The summed E-state index contributed by atoms with van der Waals surface area (Å²) in [5, 5.41) is 9.52. The fraction of sp³-hybridized carbons (Fsp3) is 0.882. The topological polar surface area (TPSA) is 103 Å². The monoisotopic (exact) mass is 511 g/mol. The van der Waals surface area contributed by atoms with Gasteiger partial charge in [0.25, 0.3) is 0 Å². The van der Waals surface area contributed by atoms with E-state index in [1.54, 1.807) is 0 Å². The van der Waals surface area contributed by atoms with E-state index in [2.05, 4.69) is 20.9 Å². The maximum absolute atomic E-state index is 11.9. The maximum atomic E-state index is 11.9. The smallest absolute Gasteiger partial charge is 0.315 e. The molecule has 0 spiro atoms. The molecule has 3 N–H and O–H groups in total. The second-order valence-corrected chi connectivity index (χ2v) is 10.4. The van der Waals surface area contributed by atoms with Crippen molar-refractivity contribution in [3.8, 4) is 0 Å². The van der Waals surface area contributed by atoms with Gasteiger partial charge in [0.2, 0.25) is 0 Å². The van der Waals surface area contributed by atoms with E-state index in [1.807, 2.05) is 0 Å². The number of nitrogens with zero attached hydrogens (tertiary/aromatic N) is 2. The van der Waals surface area contributed by atoms with Crippen LogP contribution < -0.4 is 16.0 Å². The first kappa shape index (κ1) is 20.9. The first-order valence-electron chi connectivity index (χ1n) is 9.80. The zero-order valence-corrected chi connectivity index (χ0v) is 18.7. The van der Waals surface area contributed by atoms with Crippen LogP contribution in [-0.2, 0) is 9.84 Å². The normalized spacial score (nSPS) is 29.9. The highest BCUT2D eigenvalue weighted by Gasteiger charge is 2.32. The van der Waals surface area contributed by atoms with Crippen LogP contribution in [0.25, 0.3) is 0 Å². The van der Waals surface area contributed by atoms with Crippen LogP contribution in [0.15, 0.2) is 4.99 Å². The molecule has 0 aromatic carbocycles. The van der Waals surface area contributed by atoms with Gasteiger partial charge in [0.15, 0.2) is 15.8 Å². The molecule has 2 atom stereocenters. The second-order valence-electron chi connectivity index (χ2n) is 8.18. The number of halogens is 1. The molecule has 8 nitrogen and oxygen atoms in total. The summed E-state index contributed by atoms with van der Waals surface area (Å²) in [6.07, 6.45) is 6.12. The molecule has 2 amide bonds. The summed E-state index contributed by atoms with van der Waals surface area (Å²) >= 11 is 0. The van der Waals surface area contributed by atoms with Crippen molar-refractivity contribution in [2.75, 3.05) is 31.1 Å². The Balaban J connectivity index is 0.00000210. The first-order valence-corrected chi connectivity index (χ1v) is 11.6. The summed E-state index contributed by atoms with van der Waals surface area (Å²) in [5.41, 5.74) is 0. The molecule has 2 saturated heterocycles. The molecular formula is C17H30IN5O3S. The Labute approximate surface area is 178 Å². The van der Waals surface area contributed by atoms with Crippen LogP contribution in [0.1, 0.15) is 38.5 Å². The fourth-order valence-corrected chi connectivity index (χ4v) is 5.44. The SMILES string of the molecule is I.O=C(NC1CC1)NC1CCN(C(=NCC2CCS(=O)(=O)C2)NC2CC2)C1. The molecule has 0 aromatic rings. The molecule has 154 valence electrons. The highest BCUT2D eigenvalue weighted by atomic mass is 127. The number of carbonyl (C=O) groups is 1. The Morgan fingerprint density at radius 2 is 1.63 bits per heavy atom. The van der Waals surface area contributed by atoms with E-state index in [4.69, 9.17) is 4.99 Å². The molecule has 2 unspecified atom stereocenters. The van der Waals surface area contributed by atoms with Crippen LogP contribution in [0.5, 0.6) is 0 Å². The van der Waals surface area contributed by atoms with Gasteiger partial charge < -0.3 is 20.9 Å². The molecule has 4 aliphatic rings. The van der Waals surface area contributed by atoms with Crippen molar-refractivity contribution >= 4 is 45.8 Å². The number of likely N-dealkylation sites (tertiary alicyclic amines) is 1. The Kier molecular flexibility index (Phi) is 6.75. The third-order valence-corrected chi connectivity index (χ3v) is 7.31. The van der Waals surface area contributed by atoms with Crippen LogP contribution >= 0.6 is 24.0 Å². The third-order valence-electron chi connectivity index (χ3n) is 5.47. The van der Waals surface area contributed by atoms with Crippen LogP contribution in [-0.4, -0.2) is 74.6 Å². The summed E-state index contributed by atoms with van der Waals surface area (Å²) in [7, 11) is -2.86. The van der Waals surface area contributed by atoms with Crippen molar-refractivity contribution < 1.29 is 13.2 Å². The summed E-state index contributed by atoms with van der Waals surface area (Å²) in [5.74, 6) is 1.57. The Morgan fingerprint density at radius 3 is 2.26 bits per heavy atom. The number of sulfone groups is 1. The molecule has 4 rings (SSSR count). The number of rotatable bonds is 5. The molecule has 2 heterocycles. The van der Waals surface area contributed by atoms with E-state index in [1.165, 1.54) is 0 Å². The maximum Gasteiger partial charge on any atom is 0.315 e. The summed E-state index contributed by atoms with van der Waals surface area (Å²) in [6, 6.07) is 0.922. The van der Waals surface area contributed by atoms with E-state index in [0.29, 0.717) is 30.8 Å². The van der Waals surface area contributed by atoms with E-state index in [9.17, 15) is 13.2 Å². The quantitative estimate of drug-likeness (QED) is 0.286. The zero-order valence-electron chi connectivity index (χ0n) is 15.5. The van der Waals surface area contributed by atoms with E-state index in [0.717, 1.165) is 51.2 Å². The second kappa shape index (κ2) is 8.71. The van der Waals surface area contributed by atoms with E-state index in [-0.39, 0.29) is 47.7 Å². The number of nitrogens with one attached hydrogen (secondary N) is 3. The largest absolute Gasteiger partial charge is 0.354 e. The third kappa shape index (κ3) is 6.37. The summed E-state index contributed by atoms with van der Waals surface area (Å²) in [6.45, 7) is 2.17. The first-order chi connectivity index (χ1) is 12.5. The molecule has 4 fully saturated rings. The van der Waals surface area contributed by atoms with Gasteiger partial charge in [-0.3, -0.25) is 4.99 Å². The molecule has 0 radical (unpaired) electrons. The van der Waals surface area contributed by atoms with Crippen molar-refractivity contribution in [3.05, 3.63) is 0 Å². The van der Waals surface area contributed by atoms with Crippen molar-refractivity contribution in [2.24, 2.45) is 10.9 Å². The summed E-state index contributed by atoms with van der Waals surface area (Å²) in [4.78, 5) is 18.9. The Bertz CT molecular complexity index is 678. The van der Waals surface area contributed by atoms with Gasteiger partial charge in [0.1, 0.15) is 0 Å². The van der Waals surface area contributed by atoms with Gasteiger partial charge in [-0.1, -0.05) is 0 Å². The lowest BCUT2D eigenvalue weighted by molar-refractivity contribution is 0.237. The number of urea groups is 1. The Hall–Kier alpha value is -0.780. The van der Waals surface area contributed by atoms with Gasteiger partial charge in [-0.15, -0.1) is 24.0 Å². The van der Waals surface area contributed by atoms with Gasteiger partial charge in [0, 0.05) is 37.8 Å². The van der Waals surface area contributed by atoms with Crippen molar-refractivity contribution in [1.82, 2.24) is 20.9 Å². The van der Waals surface area contributed by atoms with Crippen LogP contribution in [0.3, 0.4) is 0 Å². The number of guanidine groups is 1. The fourth-order valence-electron chi connectivity index (χ4n) is 3.59. The molecule has 0 bridgehead atoms. The lowest BCUT2D eigenvalue weighted by atomic mass is 10.1. The van der Waals surface area contributed by atoms with Crippen molar-refractivity contribution in [2.45, 2.75) is 56.7 Å². The lowest BCUT2D eigenvalue weighted by Crippen LogP contribution is -2.46. The minimum absolute atomic E-state index is 0. The lowest BCUT2D eigenvalue weighted by Gasteiger charge is -2.23. The predicted octanol–water partition coefficient (Wildman–Crippen LogP) is 0.683. The molecule has 2 aliphatic heterocycles. The van der Waals surface area contributed by atoms with E-state index >= 15 is 0 Å². The van der Waals surface area contributed by atoms with Gasteiger partial charge >= 0.3 is 6.03 Å². The number of amides is 2. The number of hydrogen-bond acceptors (Lipinski definition) is 4. The highest BCUT2D eigenvalue weighted by Crippen LogP contribution is 2.22. The minimum Gasteiger partial charge on any atom is -0.354 e. The molecule has 27 heavy (non-hydrogen) atoms. The van der Waals surface area contributed by atoms with Crippen molar-refractivity contribution in [1.29, 1.82) is 0 Å². The van der Waals surface area contributed by atoms with Crippen LogP contribution in [0.2, 0.25) is 0 Å². The number of aliphatic imine (C=N–C) groups is 1. The standard InChI is InChI=1S/C17H29N5O3S.HI/c23-17(20-14-3-4-14)21-15-5-7-22(10-15)16(19-13-1-2-13)18-9-12-6-8-26(24,25)11-12;/h12-15H,1-11H2,(H,18,19)(H2,20,21,23);1H. The van der Waals surface area contributed by atoms with Gasteiger partial charge in [0.05, 0.1) is 11.5 Å². The molecule has 0 aromatic heterocycles. The molecular weight excluding hydrogens is 481 g/mol.